The molecular weight excluding hydrogens is 458 g/mol. The van der Waals surface area contributed by atoms with Gasteiger partial charge in [-0.1, -0.05) is 30.3 Å². The molecule has 0 radical (unpaired) electrons. The second kappa shape index (κ2) is 9.67. The molecule has 1 aromatic heterocycles. The number of benzene rings is 1. The Morgan fingerprint density at radius 1 is 1.29 bits per heavy atom. The Hall–Kier alpha value is -3.05. The number of nitrogens with one attached hydrogen (secondary N) is 1. The van der Waals surface area contributed by atoms with Crippen LogP contribution in [0.3, 0.4) is 0 Å². The van der Waals surface area contributed by atoms with Crippen LogP contribution in [-0.4, -0.2) is 63.2 Å². The number of ether oxygens (including phenoxy) is 1. The number of hydrogen-bond acceptors (Lipinski definition) is 7. The number of fused-ring (bicyclic) bond motifs is 1. The molecule has 3 heterocycles. The molecule has 2 fully saturated rings. The van der Waals surface area contributed by atoms with E-state index in [9.17, 15) is 19.2 Å². The second-order valence-corrected chi connectivity index (χ2v) is 10.2. The lowest BCUT2D eigenvalue weighted by molar-refractivity contribution is -0.136. The normalized spacial score (nSPS) is 21.6. The molecule has 10 nitrogen and oxygen atoms in total. The Kier molecular flexibility index (Phi) is 6.85. The Balaban J connectivity index is 1.74. The van der Waals surface area contributed by atoms with Crippen LogP contribution in [0.1, 0.15) is 31.7 Å². The molecule has 0 aliphatic carbocycles. The second-order valence-electron chi connectivity index (χ2n) is 8.67. The lowest BCUT2D eigenvalue weighted by Crippen LogP contribution is -2.53. The molecule has 2 aliphatic heterocycles. The van der Waals surface area contributed by atoms with Gasteiger partial charge in [0.15, 0.2) is 5.69 Å². The van der Waals surface area contributed by atoms with Crippen molar-refractivity contribution in [1.29, 1.82) is 0 Å². The van der Waals surface area contributed by atoms with Gasteiger partial charge in [0, 0.05) is 32.4 Å². The number of carbonyl (C=O) groups excluding carboxylic acids is 2. The number of hydrogen-bond donors (Lipinski definition) is 2. The maximum atomic E-state index is 13.8. The third-order valence-corrected chi connectivity index (χ3v) is 7.90. The number of carbonyl (C=O) groups is 2. The summed E-state index contributed by atoms with van der Waals surface area (Å²) in [6.45, 7) is 2.62. The number of amides is 2. The van der Waals surface area contributed by atoms with Crippen LogP contribution in [0.2, 0.25) is 0 Å². The van der Waals surface area contributed by atoms with Gasteiger partial charge in [0.25, 0.3) is 11.5 Å². The molecule has 34 heavy (non-hydrogen) atoms. The van der Waals surface area contributed by atoms with Gasteiger partial charge in [-0.05, 0) is 25.3 Å². The number of rotatable bonds is 8. The molecule has 11 heteroatoms. The molecule has 2 aliphatic rings. The molecule has 1 aromatic carbocycles. The number of methoxy groups -OCH3 is 1. The largest absolute Gasteiger partial charge is 0.385 e. The van der Waals surface area contributed by atoms with E-state index in [-0.39, 0.29) is 36.4 Å². The van der Waals surface area contributed by atoms with Crippen LogP contribution >= 0.6 is 11.8 Å². The zero-order valence-corrected chi connectivity index (χ0v) is 20.1. The van der Waals surface area contributed by atoms with Gasteiger partial charge in [-0.2, -0.15) is 0 Å². The highest BCUT2D eigenvalue weighted by Gasteiger charge is 2.54. The van der Waals surface area contributed by atoms with Gasteiger partial charge in [-0.25, -0.2) is 4.79 Å². The molecule has 0 unspecified atom stereocenters. The predicted molar refractivity (Wildman–Crippen MR) is 131 cm³/mol. The van der Waals surface area contributed by atoms with Crippen molar-refractivity contribution >= 4 is 35.1 Å². The summed E-state index contributed by atoms with van der Waals surface area (Å²) in [6, 6.07) is 8.51. The van der Waals surface area contributed by atoms with Crippen molar-refractivity contribution < 1.29 is 14.3 Å². The first-order valence-electron chi connectivity index (χ1n) is 11.2. The Labute approximate surface area is 201 Å². The number of aromatic nitrogens is 2. The highest BCUT2D eigenvalue weighted by atomic mass is 32.2. The van der Waals surface area contributed by atoms with E-state index in [4.69, 9.17) is 10.5 Å². The summed E-state index contributed by atoms with van der Waals surface area (Å²) in [5.41, 5.74) is 5.71. The summed E-state index contributed by atoms with van der Waals surface area (Å²) >= 11 is 1.57. The smallest absolute Gasteiger partial charge is 0.330 e. The molecule has 3 N–H and O–H groups in total. The number of thioether (sulfide) groups is 1. The van der Waals surface area contributed by atoms with E-state index in [1.54, 1.807) is 23.8 Å². The van der Waals surface area contributed by atoms with Crippen molar-refractivity contribution in [2.24, 2.45) is 0 Å². The molecule has 2 amide bonds. The van der Waals surface area contributed by atoms with Crippen molar-refractivity contribution in [3.63, 3.8) is 0 Å². The highest BCUT2D eigenvalue weighted by molar-refractivity contribution is 8.01. The summed E-state index contributed by atoms with van der Waals surface area (Å²) in [5, 5.41) is 0. The van der Waals surface area contributed by atoms with Gasteiger partial charge in [-0.3, -0.25) is 23.9 Å². The molecule has 2 aromatic rings. The summed E-state index contributed by atoms with van der Waals surface area (Å²) in [7, 11) is 1.55. The van der Waals surface area contributed by atoms with Crippen LogP contribution in [0.25, 0.3) is 0 Å². The fraction of sp³-hybridized carbons (Fsp3) is 0.478. The van der Waals surface area contributed by atoms with Crippen LogP contribution in [0, 0.1) is 0 Å². The molecule has 0 bridgehead atoms. The maximum Gasteiger partial charge on any atom is 0.330 e. The van der Waals surface area contributed by atoms with Crippen LogP contribution in [0.5, 0.6) is 0 Å². The molecule has 2 saturated heterocycles. The molecule has 0 saturated carbocycles. The van der Waals surface area contributed by atoms with Crippen molar-refractivity contribution in [2.45, 2.75) is 43.6 Å². The molecule has 2 atom stereocenters. The molecular formula is C23H29N5O5S. The number of nitrogens with zero attached hydrogens (tertiary/aromatic N) is 3. The zero-order valence-electron chi connectivity index (χ0n) is 19.3. The van der Waals surface area contributed by atoms with Crippen LogP contribution in [0.15, 0.2) is 39.9 Å². The van der Waals surface area contributed by atoms with Gasteiger partial charge >= 0.3 is 5.69 Å². The number of aromatic amines is 1. The minimum Gasteiger partial charge on any atom is -0.385 e. The lowest BCUT2D eigenvalue weighted by atomic mass is 10.1. The van der Waals surface area contributed by atoms with Crippen molar-refractivity contribution in [3.05, 3.63) is 56.7 Å². The van der Waals surface area contributed by atoms with Crippen molar-refractivity contribution in [3.8, 4) is 0 Å². The minimum atomic E-state index is -0.737. The first-order chi connectivity index (χ1) is 16.3. The summed E-state index contributed by atoms with van der Waals surface area (Å²) in [4.78, 5) is 56.8. The van der Waals surface area contributed by atoms with Gasteiger partial charge in [0.1, 0.15) is 11.9 Å². The van der Waals surface area contributed by atoms with E-state index in [0.717, 1.165) is 5.56 Å². The van der Waals surface area contributed by atoms with E-state index in [1.165, 1.54) is 9.47 Å². The van der Waals surface area contributed by atoms with Crippen molar-refractivity contribution in [1.82, 2.24) is 14.5 Å². The predicted octanol–water partition coefficient (Wildman–Crippen LogP) is 0.991. The number of nitrogen functional groups attached to an aromatic ring is 1. The van der Waals surface area contributed by atoms with E-state index in [0.29, 0.717) is 31.6 Å². The quantitative estimate of drug-likeness (QED) is 0.531. The zero-order chi connectivity index (χ0) is 24.5. The average Bonchev–Trinajstić information content (AvgIpc) is 3.31. The molecule has 182 valence electrons. The highest BCUT2D eigenvalue weighted by Crippen LogP contribution is 2.47. The lowest BCUT2D eigenvalue weighted by Gasteiger charge is -2.33. The Bertz CT molecular complexity index is 1200. The van der Waals surface area contributed by atoms with Crippen LogP contribution < -0.4 is 21.9 Å². The van der Waals surface area contributed by atoms with Crippen LogP contribution in [0.4, 0.5) is 11.5 Å². The van der Waals surface area contributed by atoms with E-state index in [2.05, 4.69) is 4.98 Å². The standard InChI is InChI=1S/C23H29N5O5S/c1-23-10-9-17(29)28(23)16(14-34-23)21(31)26(11-6-12-33-2)18-19(24)27(22(32)25-20(18)30)13-15-7-4-3-5-8-15/h3-5,7-8,16H,6,9-14,24H2,1-2H3,(H,25,30,32)/t16-,23+/m0/s1. The third-order valence-electron chi connectivity index (χ3n) is 6.39. The number of nitrogens with two attached hydrogens (primary N) is 1. The maximum absolute atomic E-state index is 13.8. The van der Waals surface area contributed by atoms with E-state index >= 15 is 0 Å². The Morgan fingerprint density at radius 2 is 2.03 bits per heavy atom. The van der Waals surface area contributed by atoms with E-state index < -0.39 is 22.2 Å². The monoisotopic (exact) mass is 487 g/mol. The first kappa shape index (κ1) is 24.1. The fourth-order valence-electron chi connectivity index (χ4n) is 4.64. The summed E-state index contributed by atoms with van der Waals surface area (Å²) in [5.74, 6) is -0.114. The molecule has 4 rings (SSSR count). The number of H-pyrrole nitrogens is 1. The summed E-state index contributed by atoms with van der Waals surface area (Å²) in [6.07, 6.45) is 1.51. The summed E-state index contributed by atoms with van der Waals surface area (Å²) < 4.78 is 6.39. The van der Waals surface area contributed by atoms with E-state index in [1.807, 2.05) is 37.3 Å². The van der Waals surface area contributed by atoms with Gasteiger partial charge in [0.05, 0.1) is 11.4 Å². The molecule has 0 spiro atoms. The SMILES string of the molecule is COCCCN(C(=O)[C@@H]1CS[C@]2(C)CCC(=O)N12)c1c(N)n(Cc2ccccc2)c(=O)[nH]c1=O. The third kappa shape index (κ3) is 4.37. The number of anilines is 2. The minimum absolute atomic E-state index is 0.0707. The Morgan fingerprint density at radius 3 is 2.74 bits per heavy atom. The van der Waals surface area contributed by atoms with Gasteiger partial charge in [-0.15, -0.1) is 11.8 Å². The van der Waals surface area contributed by atoms with Crippen LogP contribution in [-0.2, 0) is 20.9 Å². The average molecular weight is 488 g/mol. The van der Waals surface area contributed by atoms with Crippen molar-refractivity contribution in [2.75, 3.05) is 36.6 Å². The van der Waals surface area contributed by atoms with Gasteiger partial charge in [0.2, 0.25) is 5.91 Å². The fourth-order valence-corrected chi connectivity index (χ4v) is 6.07. The van der Waals surface area contributed by atoms with Gasteiger partial charge < -0.3 is 20.3 Å². The topological polar surface area (TPSA) is 131 Å². The first-order valence-corrected chi connectivity index (χ1v) is 12.2.